The second kappa shape index (κ2) is 4.92. The Morgan fingerprint density at radius 1 is 1.35 bits per heavy atom. The molecular weight excluding hydrogens is 232 g/mol. The first-order chi connectivity index (χ1) is 8.08. The average Bonchev–Trinajstić information content (AvgIpc) is 2.26. The van der Waals surface area contributed by atoms with E-state index in [1.165, 1.54) is 11.1 Å². The molecule has 1 aromatic heterocycles. The summed E-state index contributed by atoms with van der Waals surface area (Å²) in [4.78, 5) is 6.73. The summed E-state index contributed by atoms with van der Waals surface area (Å²) in [5.41, 5.74) is 3.27. The zero-order valence-electron chi connectivity index (χ0n) is 10.4. The fourth-order valence-electron chi connectivity index (χ4n) is 2.08. The molecule has 90 valence electrons. The molecule has 0 spiro atoms. The van der Waals surface area contributed by atoms with Gasteiger partial charge in [-0.1, -0.05) is 18.2 Å². The standard InChI is InChI=1S/C14H17ClN2/c1-10(15)9-17(3)14-8-11(2)16-13-7-5-4-6-12(13)14/h4-8,10H,9H2,1-3H3. The quantitative estimate of drug-likeness (QED) is 0.772. The SMILES string of the molecule is Cc1cc(N(C)CC(C)Cl)c2ccccc2n1. The van der Waals surface area contributed by atoms with Gasteiger partial charge in [0.1, 0.15) is 0 Å². The number of anilines is 1. The lowest BCUT2D eigenvalue weighted by Crippen LogP contribution is -2.24. The molecule has 0 N–H and O–H groups in total. The average molecular weight is 249 g/mol. The van der Waals surface area contributed by atoms with E-state index in [2.05, 4.69) is 29.1 Å². The number of hydrogen-bond donors (Lipinski definition) is 0. The van der Waals surface area contributed by atoms with Crippen molar-refractivity contribution in [3.63, 3.8) is 0 Å². The van der Waals surface area contributed by atoms with E-state index in [1.807, 2.05) is 32.0 Å². The molecule has 0 bridgehead atoms. The van der Waals surface area contributed by atoms with Crippen molar-refractivity contribution in [2.24, 2.45) is 0 Å². The van der Waals surface area contributed by atoms with E-state index in [0.717, 1.165) is 17.8 Å². The van der Waals surface area contributed by atoms with Crippen LogP contribution in [0.3, 0.4) is 0 Å². The molecule has 17 heavy (non-hydrogen) atoms. The molecule has 3 heteroatoms. The fourth-order valence-corrected chi connectivity index (χ4v) is 2.28. The largest absolute Gasteiger partial charge is 0.373 e. The van der Waals surface area contributed by atoms with Gasteiger partial charge in [0.05, 0.1) is 5.52 Å². The first-order valence-corrected chi connectivity index (χ1v) is 6.23. The Morgan fingerprint density at radius 3 is 2.76 bits per heavy atom. The van der Waals surface area contributed by atoms with E-state index in [9.17, 15) is 0 Å². The molecule has 1 unspecified atom stereocenters. The Balaban J connectivity index is 2.51. The first kappa shape index (κ1) is 12.2. The van der Waals surface area contributed by atoms with Crippen LogP contribution in [0.4, 0.5) is 5.69 Å². The number of aryl methyl sites for hydroxylation is 1. The minimum atomic E-state index is 0.132. The highest BCUT2D eigenvalue weighted by Crippen LogP contribution is 2.26. The molecule has 0 aliphatic heterocycles. The lowest BCUT2D eigenvalue weighted by atomic mass is 10.1. The van der Waals surface area contributed by atoms with Gasteiger partial charge in [-0.3, -0.25) is 4.98 Å². The zero-order valence-corrected chi connectivity index (χ0v) is 11.2. The molecule has 0 radical (unpaired) electrons. The molecule has 2 nitrogen and oxygen atoms in total. The van der Waals surface area contributed by atoms with Crippen LogP contribution in [0.25, 0.3) is 10.9 Å². The van der Waals surface area contributed by atoms with Crippen LogP contribution < -0.4 is 4.90 Å². The molecule has 0 aliphatic rings. The Labute approximate surface area is 107 Å². The topological polar surface area (TPSA) is 16.1 Å². The van der Waals surface area contributed by atoms with Crippen molar-refractivity contribution in [1.82, 2.24) is 4.98 Å². The van der Waals surface area contributed by atoms with Gasteiger partial charge in [0.25, 0.3) is 0 Å². The number of para-hydroxylation sites is 1. The molecular formula is C14H17ClN2. The molecule has 1 atom stereocenters. The van der Waals surface area contributed by atoms with Gasteiger partial charge in [0.2, 0.25) is 0 Å². The summed E-state index contributed by atoms with van der Waals surface area (Å²) in [6.07, 6.45) is 0. The Morgan fingerprint density at radius 2 is 2.06 bits per heavy atom. The number of aromatic nitrogens is 1. The Hall–Kier alpha value is -1.28. The van der Waals surface area contributed by atoms with Crippen molar-refractivity contribution in [1.29, 1.82) is 0 Å². The fraction of sp³-hybridized carbons (Fsp3) is 0.357. The second-order valence-corrected chi connectivity index (χ2v) is 5.21. The molecule has 1 heterocycles. The molecule has 0 aliphatic carbocycles. The third-order valence-corrected chi connectivity index (χ3v) is 2.90. The predicted molar refractivity (Wildman–Crippen MR) is 75.1 cm³/mol. The van der Waals surface area contributed by atoms with Gasteiger partial charge in [-0.2, -0.15) is 0 Å². The van der Waals surface area contributed by atoms with Crippen LogP contribution in [0.1, 0.15) is 12.6 Å². The number of hydrogen-bond acceptors (Lipinski definition) is 2. The van der Waals surface area contributed by atoms with Gasteiger partial charge >= 0.3 is 0 Å². The number of alkyl halides is 1. The minimum Gasteiger partial charge on any atom is -0.373 e. The molecule has 0 amide bonds. The molecule has 1 aromatic carbocycles. The lowest BCUT2D eigenvalue weighted by molar-refractivity contribution is 0.861. The van der Waals surface area contributed by atoms with Gasteiger partial charge < -0.3 is 4.90 Å². The lowest BCUT2D eigenvalue weighted by Gasteiger charge is -2.22. The highest BCUT2D eigenvalue weighted by Gasteiger charge is 2.09. The van der Waals surface area contributed by atoms with Crippen molar-refractivity contribution in [2.45, 2.75) is 19.2 Å². The minimum absolute atomic E-state index is 0.132. The molecule has 0 fully saturated rings. The first-order valence-electron chi connectivity index (χ1n) is 5.79. The molecule has 0 saturated heterocycles. The number of nitrogens with zero attached hydrogens (tertiary/aromatic N) is 2. The summed E-state index contributed by atoms with van der Waals surface area (Å²) in [5.74, 6) is 0. The summed E-state index contributed by atoms with van der Waals surface area (Å²) >= 11 is 6.06. The number of fused-ring (bicyclic) bond motifs is 1. The van der Waals surface area contributed by atoms with Crippen LogP contribution in [0.2, 0.25) is 0 Å². The maximum absolute atomic E-state index is 6.06. The molecule has 0 saturated carbocycles. The monoisotopic (exact) mass is 248 g/mol. The van der Waals surface area contributed by atoms with Crippen molar-refractivity contribution in [3.8, 4) is 0 Å². The summed E-state index contributed by atoms with van der Waals surface area (Å²) < 4.78 is 0. The Kier molecular flexibility index (Phi) is 3.53. The van der Waals surface area contributed by atoms with Gasteiger partial charge in [0.15, 0.2) is 0 Å². The third-order valence-electron chi connectivity index (χ3n) is 2.76. The van der Waals surface area contributed by atoms with Crippen molar-refractivity contribution >= 4 is 28.2 Å². The number of pyridine rings is 1. The predicted octanol–water partition coefficient (Wildman–Crippen LogP) is 3.61. The smallest absolute Gasteiger partial charge is 0.0726 e. The number of rotatable bonds is 3. The van der Waals surface area contributed by atoms with Gasteiger partial charge in [0, 0.05) is 35.7 Å². The van der Waals surface area contributed by atoms with E-state index < -0.39 is 0 Å². The van der Waals surface area contributed by atoms with Gasteiger partial charge in [-0.15, -0.1) is 11.6 Å². The summed E-state index contributed by atoms with van der Waals surface area (Å²) in [7, 11) is 2.07. The van der Waals surface area contributed by atoms with Crippen molar-refractivity contribution < 1.29 is 0 Å². The van der Waals surface area contributed by atoms with E-state index in [4.69, 9.17) is 11.6 Å². The summed E-state index contributed by atoms with van der Waals surface area (Å²) in [6.45, 7) is 4.86. The van der Waals surface area contributed by atoms with Crippen LogP contribution in [-0.2, 0) is 0 Å². The second-order valence-electron chi connectivity index (χ2n) is 4.46. The molecule has 2 aromatic rings. The van der Waals surface area contributed by atoms with Gasteiger partial charge in [-0.05, 0) is 26.0 Å². The number of benzene rings is 1. The highest BCUT2D eigenvalue weighted by molar-refractivity contribution is 6.20. The normalized spacial score (nSPS) is 12.7. The van der Waals surface area contributed by atoms with Crippen LogP contribution in [0.15, 0.2) is 30.3 Å². The van der Waals surface area contributed by atoms with Crippen molar-refractivity contribution in [3.05, 3.63) is 36.0 Å². The van der Waals surface area contributed by atoms with Crippen LogP contribution >= 0.6 is 11.6 Å². The maximum atomic E-state index is 6.06. The Bertz CT molecular complexity index is 523. The molecule has 2 rings (SSSR count). The van der Waals surface area contributed by atoms with Gasteiger partial charge in [-0.25, -0.2) is 0 Å². The highest BCUT2D eigenvalue weighted by atomic mass is 35.5. The van der Waals surface area contributed by atoms with Crippen LogP contribution in [-0.4, -0.2) is 24.0 Å². The van der Waals surface area contributed by atoms with E-state index >= 15 is 0 Å². The summed E-state index contributed by atoms with van der Waals surface area (Å²) in [6, 6.07) is 10.3. The van der Waals surface area contributed by atoms with E-state index in [-0.39, 0.29) is 5.38 Å². The third kappa shape index (κ3) is 2.70. The van der Waals surface area contributed by atoms with E-state index in [0.29, 0.717) is 0 Å². The summed E-state index contributed by atoms with van der Waals surface area (Å²) in [5, 5.41) is 1.31. The van der Waals surface area contributed by atoms with Crippen LogP contribution in [0, 0.1) is 6.92 Å². The van der Waals surface area contributed by atoms with E-state index in [1.54, 1.807) is 0 Å². The number of halogens is 1. The van der Waals surface area contributed by atoms with Crippen molar-refractivity contribution in [2.75, 3.05) is 18.5 Å². The van der Waals surface area contributed by atoms with Crippen LogP contribution in [0.5, 0.6) is 0 Å². The zero-order chi connectivity index (χ0) is 12.4. The maximum Gasteiger partial charge on any atom is 0.0726 e.